The van der Waals surface area contributed by atoms with Gasteiger partial charge in [-0.2, -0.15) is 0 Å². The van der Waals surface area contributed by atoms with E-state index < -0.39 is 0 Å². The second-order valence-electron chi connectivity index (χ2n) is 5.01. The first-order valence-electron chi connectivity index (χ1n) is 6.59. The van der Waals surface area contributed by atoms with Crippen LogP contribution >= 0.6 is 27.7 Å². The summed E-state index contributed by atoms with van der Waals surface area (Å²) in [6, 6.07) is 6.27. The molecule has 1 aliphatic rings. The van der Waals surface area contributed by atoms with E-state index in [1.165, 1.54) is 42.4 Å². The highest BCUT2D eigenvalue weighted by molar-refractivity contribution is 9.10. The van der Waals surface area contributed by atoms with Crippen LogP contribution in [0.4, 0.5) is 0 Å². The molecule has 1 nitrogen and oxygen atoms in total. The molecule has 0 amide bonds. The molecular formula is C15H17BrOS. The van der Waals surface area contributed by atoms with Gasteiger partial charge in [0.2, 0.25) is 0 Å². The second-order valence-corrected chi connectivity index (χ2v) is 7.23. The van der Waals surface area contributed by atoms with Crippen molar-refractivity contribution in [1.82, 2.24) is 0 Å². The fourth-order valence-electron chi connectivity index (χ4n) is 2.67. The van der Waals surface area contributed by atoms with Gasteiger partial charge in [-0.25, -0.2) is 0 Å². The summed E-state index contributed by atoms with van der Waals surface area (Å²) >= 11 is 5.57. The van der Waals surface area contributed by atoms with E-state index >= 15 is 0 Å². The van der Waals surface area contributed by atoms with Gasteiger partial charge in [-0.3, -0.25) is 0 Å². The quantitative estimate of drug-likeness (QED) is 0.679. The Morgan fingerprint density at radius 1 is 1.22 bits per heavy atom. The molecule has 1 aliphatic carbocycles. The number of aryl methyl sites for hydroxylation is 1. The maximum absolute atomic E-state index is 5.85. The van der Waals surface area contributed by atoms with Crippen LogP contribution in [0.2, 0.25) is 0 Å². The topological polar surface area (TPSA) is 13.1 Å². The number of rotatable bonds is 2. The third-order valence-corrected chi connectivity index (χ3v) is 5.65. The molecule has 0 atom stereocenters. The van der Waals surface area contributed by atoms with Gasteiger partial charge in [-0.1, -0.05) is 35.2 Å². The Morgan fingerprint density at radius 3 is 2.78 bits per heavy atom. The number of benzene rings is 1. The summed E-state index contributed by atoms with van der Waals surface area (Å²) in [4.78, 5) is 1.35. The number of hydrogen-bond acceptors (Lipinski definition) is 2. The summed E-state index contributed by atoms with van der Waals surface area (Å²) in [6.45, 7) is 2.08. The van der Waals surface area contributed by atoms with Crippen molar-refractivity contribution >= 4 is 38.7 Å². The minimum Gasteiger partial charge on any atom is -0.460 e. The van der Waals surface area contributed by atoms with Crippen LogP contribution in [0, 0.1) is 6.92 Å². The van der Waals surface area contributed by atoms with Crippen LogP contribution in [0.3, 0.4) is 0 Å². The lowest BCUT2D eigenvalue weighted by molar-refractivity contribution is 0.515. The van der Waals surface area contributed by atoms with E-state index in [-0.39, 0.29) is 0 Å². The minimum absolute atomic E-state index is 0.775. The highest BCUT2D eigenvalue weighted by Crippen LogP contribution is 2.41. The van der Waals surface area contributed by atoms with E-state index in [0.717, 1.165) is 21.1 Å². The Hall–Kier alpha value is -0.410. The molecular weight excluding hydrogens is 308 g/mol. The smallest absolute Gasteiger partial charge is 0.135 e. The van der Waals surface area contributed by atoms with Crippen molar-refractivity contribution in [3.8, 4) is 0 Å². The zero-order chi connectivity index (χ0) is 12.5. The Kier molecular flexibility index (Phi) is 3.71. The molecule has 18 heavy (non-hydrogen) atoms. The standard InChI is InChI=1S/C15H17BrOS/c1-10-15(18-12-5-3-2-4-6-12)13-9-11(16)7-8-14(13)17-10/h7-9,12H,2-6H2,1H3. The van der Waals surface area contributed by atoms with E-state index in [1.54, 1.807) is 0 Å². The van der Waals surface area contributed by atoms with Gasteiger partial charge in [-0.15, -0.1) is 11.8 Å². The summed E-state index contributed by atoms with van der Waals surface area (Å²) in [5.41, 5.74) is 1.01. The van der Waals surface area contributed by atoms with Gasteiger partial charge in [0.25, 0.3) is 0 Å². The number of halogens is 1. The maximum atomic E-state index is 5.85. The third kappa shape index (κ3) is 2.48. The summed E-state index contributed by atoms with van der Waals surface area (Å²) in [7, 11) is 0. The van der Waals surface area contributed by atoms with Crippen LogP contribution in [0.15, 0.2) is 32.0 Å². The SMILES string of the molecule is Cc1oc2ccc(Br)cc2c1SC1CCCCC1. The lowest BCUT2D eigenvalue weighted by atomic mass is 10.0. The Labute approximate surface area is 120 Å². The normalized spacial score (nSPS) is 17.4. The molecule has 0 saturated heterocycles. The molecule has 3 rings (SSSR count). The van der Waals surface area contributed by atoms with Gasteiger partial charge >= 0.3 is 0 Å². The molecule has 1 aromatic heterocycles. The van der Waals surface area contributed by atoms with Crippen LogP contribution in [0.1, 0.15) is 37.9 Å². The Bertz CT molecular complexity index is 555. The highest BCUT2D eigenvalue weighted by Gasteiger charge is 2.19. The first kappa shape index (κ1) is 12.6. The molecule has 1 saturated carbocycles. The molecule has 0 bridgehead atoms. The van der Waals surface area contributed by atoms with Crippen LogP contribution in [-0.4, -0.2) is 5.25 Å². The summed E-state index contributed by atoms with van der Waals surface area (Å²) in [6.07, 6.45) is 6.88. The molecule has 0 N–H and O–H groups in total. The van der Waals surface area contributed by atoms with Crippen molar-refractivity contribution in [1.29, 1.82) is 0 Å². The first-order valence-corrected chi connectivity index (χ1v) is 8.26. The number of fused-ring (bicyclic) bond motifs is 1. The molecule has 3 heteroatoms. The van der Waals surface area contributed by atoms with Gasteiger partial charge in [0.15, 0.2) is 0 Å². The molecule has 1 fully saturated rings. The van der Waals surface area contributed by atoms with Crippen LogP contribution in [0.25, 0.3) is 11.0 Å². The van der Waals surface area contributed by atoms with Crippen molar-refractivity contribution < 1.29 is 4.42 Å². The number of thioether (sulfide) groups is 1. The van der Waals surface area contributed by atoms with E-state index in [4.69, 9.17) is 4.42 Å². The number of hydrogen-bond donors (Lipinski definition) is 0. The van der Waals surface area contributed by atoms with E-state index in [2.05, 4.69) is 35.0 Å². The van der Waals surface area contributed by atoms with Crippen molar-refractivity contribution in [3.05, 3.63) is 28.4 Å². The molecule has 96 valence electrons. The predicted octanol–water partition coefficient (Wildman–Crippen LogP) is 5.93. The fourth-order valence-corrected chi connectivity index (χ4v) is 4.42. The molecule has 1 aromatic carbocycles. The van der Waals surface area contributed by atoms with Crippen LogP contribution < -0.4 is 0 Å². The second kappa shape index (κ2) is 5.30. The summed E-state index contributed by atoms with van der Waals surface area (Å²) < 4.78 is 6.98. The fraction of sp³-hybridized carbons (Fsp3) is 0.467. The average molecular weight is 325 g/mol. The molecule has 2 aromatic rings. The Morgan fingerprint density at radius 2 is 2.00 bits per heavy atom. The van der Waals surface area contributed by atoms with Crippen molar-refractivity contribution in [2.24, 2.45) is 0 Å². The average Bonchev–Trinajstić information content (AvgIpc) is 2.67. The van der Waals surface area contributed by atoms with Gasteiger partial charge < -0.3 is 4.42 Å². The van der Waals surface area contributed by atoms with E-state index in [9.17, 15) is 0 Å². The van der Waals surface area contributed by atoms with Crippen LogP contribution in [-0.2, 0) is 0 Å². The lowest BCUT2D eigenvalue weighted by Crippen LogP contribution is -2.07. The maximum Gasteiger partial charge on any atom is 0.135 e. The minimum atomic E-state index is 0.775. The molecule has 0 unspecified atom stereocenters. The van der Waals surface area contributed by atoms with Crippen molar-refractivity contribution in [2.45, 2.75) is 49.2 Å². The van der Waals surface area contributed by atoms with E-state index in [1.807, 2.05) is 17.8 Å². The zero-order valence-corrected chi connectivity index (χ0v) is 12.9. The predicted molar refractivity (Wildman–Crippen MR) is 81.4 cm³/mol. The monoisotopic (exact) mass is 324 g/mol. The van der Waals surface area contributed by atoms with Gasteiger partial charge in [0.1, 0.15) is 11.3 Å². The first-order chi connectivity index (χ1) is 8.74. The molecule has 0 radical (unpaired) electrons. The zero-order valence-electron chi connectivity index (χ0n) is 10.5. The third-order valence-electron chi connectivity index (χ3n) is 3.61. The van der Waals surface area contributed by atoms with Gasteiger partial charge in [0, 0.05) is 15.1 Å². The van der Waals surface area contributed by atoms with Gasteiger partial charge in [-0.05, 0) is 38.0 Å². The van der Waals surface area contributed by atoms with Crippen LogP contribution in [0.5, 0.6) is 0 Å². The van der Waals surface area contributed by atoms with Crippen molar-refractivity contribution in [3.63, 3.8) is 0 Å². The highest BCUT2D eigenvalue weighted by atomic mass is 79.9. The number of furan rings is 1. The molecule has 1 heterocycles. The van der Waals surface area contributed by atoms with Crippen molar-refractivity contribution in [2.75, 3.05) is 0 Å². The summed E-state index contributed by atoms with van der Waals surface area (Å²) in [5, 5.41) is 2.04. The van der Waals surface area contributed by atoms with E-state index in [0.29, 0.717) is 0 Å². The Balaban J connectivity index is 1.94. The molecule has 0 spiro atoms. The molecule has 0 aliphatic heterocycles. The summed E-state index contributed by atoms with van der Waals surface area (Å²) in [5.74, 6) is 1.07. The largest absolute Gasteiger partial charge is 0.460 e. The lowest BCUT2D eigenvalue weighted by Gasteiger charge is -2.20. The van der Waals surface area contributed by atoms with Gasteiger partial charge in [0.05, 0.1) is 4.90 Å².